The summed E-state index contributed by atoms with van der Waals surface area (Å²) in [5, 5.41) is 0. The smallest absolute Gasteiger partial charge is 0.326 e. The highest BCUT2D eigenvalue weighted by molar-refractivity contribution is 5.85. The molecule has 1 aromatic heterocycles. The molecule has 1 aromatic carbocycles. The molecule has 0 atom stereocenters. The first-order valence-electron chi connectivity index (χ1n) is 10.1. The lowest BCUT2D eigenvalue weighted by Gasteiger charge is -2.41. The van der Waals surface area contributed by atoms with E-state index in [0.29, 0.717) is 6.04 Å². The molecule has 6 heteroatoms. The van der Waals surface area contributed by atoms with Crippen LogP contribution in [0.25, 0.3) is 11.0 Å². The number of aromatic amines is 1. The van der Waals surface area contributed by atoms with Gasteiger partial charge < -0.3 is 14.6 Å². The molecule has 1 saturated heterocycles. The highest BCUT2D eigenvalue weighted by atomic mass is 35.5. The number of hydrogen-bond acceptors (Lipinski definition) is 3. The van der Waals surface area contributed by atoms with Crippen LogP contribution in [-0.2, 0) is 4.74 Å². The first kappa shape index (κ1) is 20.4. The quantitative estimate of drug-likeness (QED) is 0.856. The number of methoxy groups -OCH3 is 1. The molecular formula is C21H32ClN3O2. The van der Waals surface area contributed by atoms with Gasteiger partial charge in [-0.25, -0.2) is 4.79 Å². The summed E-state index contributed by atoms with van der Waals surface area (Å²) in [4.78, 5) is 18.2. The fourth-order valence-electron chi connectivity index (χ4n) is 5.02. The Morgan fingerprint density at radius 2 is 1.78 bits per heavy atom. The van der Waals surface area contributed by atoms with Crippen LogP contribution in [0.2, 0.25) is 0 Å². The van der Waals surface area contributed by atoms with Gasteiger partial charge in [-0.05, 0) is 69.1 Å². The molecule has 1 aliphatic carbocycles. The zero-order chi connectivity index (χ0) is 18.1. The molecule has 1 saturated carbocycles. The van der Waals surface area contributed by atoms with Crippen LogP contribution in [0.1, 0.15) is 50.1 Å². The van der Waals surface area contributed by atoms with E-state index in [9.17, 15) is 4.79 Å². The third-order valence-electron chi connectivity index (χ3n) is 6.47. The highest BCUT2D eigenvalue weighted by Gasteiger charge is 2.30. The van der Waals surface area contributed by atoms with E-state index in [-0.39, 0.29) is 18.1 Å². The summed E-state index contributed by atoms with van der Waals surface area (Å²) in [5.41, 5.74) is 3.27. The minimum atomic E-state index is 0. The number of aryl methyl sites for hydroxylation is 1. The normalized spacial score (nSPS) is 24.8. The molecule has 0 radical (unpaired) electrons. The summed E-state index contributed by atoms with van der Waals surface area (Å²) in [5.74, 6) is 0.752. The summed E-state index contributed by atoms with van der Waals surface area (Å²) in [6, 6.07) is 7.27. The van der Waals surface area contributed by atoms with E-state index in [1.807, 2.05) is 17.7 Å². The minimum absolute atomic E-state index is 0. The number of benzene rings is 1. The van der Waals surface area contributed by atoms with Crippen molar-refractivity contribution >= 4 is 23.4 Å². The molecule has 0 bridgehead atoms. The maximum Gasteiger partial charge on any atom is 0.326 e. The zero-order valence-electron chi connectivity index (χ0n) is 16.4. The zero-order valence-corrected chi connectivity index (χ0v) is 17.3. The summed E-state index contributed by atoms with van der Waals surface area (Å²) in [6.45, 7) is 5.21. The maximum absolute atomic E-state index is 12.5. The average Bonchev–Trinajstić information content (AvgIpc) is 2.98. The molecule has 1 aliphatic heterocycles. The van der Waals surface area contributed by atoms with Gasteiger partial charge in [0.15, 0.2) is 0 Å². The van der Waals surface area contributed by atoms with Gasteiger partial charge >= 0.3 is 5.69 Å². The van der Waals surface area contributed by atoms with Crippen LogP contribution >= 0.6 is 12.4 Å². The lowest BCUT2D eigenvalue weighted by Crippen LogP contribution is -2.44. The number of ether oxygens (including phenoxy) is 1. The molecule has 0 amide bonds. The fraction of sp³-hybridized carbons (Fsp3) is 0.667. The number of aromatic nitrogens is 2. The monoisotopic (exact) mass is 393 g/mol. The number of hydrogen-bond donors (Lipinski definition) is 1. The lowest BCUT2D eigenvalue weighted by atomic mass is 9.85. The minimum Gasteiger partial charge on any atom is -0.384 e. The van der Waals surface area contributed by atoms with E-state index >= 15 is 0 Å². The molecule has 1 N–H and O–H groups in total. The van der Waals surface area contributed by atoms with Crippen molar-refractivity contribution in [2.24, 2.45) is 5.92 Å². The predicted molar refractivity (Wildman–Crippen MR) is 112 cm³/mol. The molecule has 27 heavy (non-hydrogen) atoms. The topological polar surface area (TPSA) is 50.3 Å². The van der Waals surface area contributed by atoms with E-state index < -0.39 is 0 Å². The second kappa shape index (κ2) is 8.80. The molecule has 150 valence electrons. The Kier molecular flexibility index (Phi) is 6.66. The summed E-state index contributed by atoms with van der Waals surface area (Å²) < 4.78 is 7.33. The fourth-order valence-corrected chi connectivity index (χ4v) is 5.02. The van der Waals surface area contributed by atoms with Gasteiger partial charge in [0, 0.05) is 38.9 Å². The Labute approximate surface area is 167 Å². The third kappa shape index (κ3) is 4.25. The van der Waals surface area contributed by atoms with Gasteiger partial charge in [-0.15, -0.1) is 12.4 Å². The van der Waals surface area contributed by atoms with Crippen molar-refractivity contribution in [2.45, 2.75) is 57.5 Å². The molecule has 0 spiro atoms. The van der Waals surface area contributed by atoms with E-state index in [1.165, 1.54) is 31.2 Å². The van der Waals surface area contributed by atoms with E-state index in [0.717, 1.165) is 55.5 Å². The standard InChI is InChI=1S/C21H31N3O2.ClH/c1-15-3-8-19-20(13-15)24(21(25)22-19)18-9-11-23(12-10-18)17-6-4-16(5-7-17)14-26-2;/h3,8,13,16-18H,4-7,9-12,14H2,1-2H3,(H,22,25);1H. The van der Waals surface area contributed by atoms with Crippen molar-refractivity contribution in [3.8, 4) is 0 Å². The van der Waals surface area contributed by atoms with Crippen molar-refractivity contribution in [3.05, 3.63) is 34.2 Å². The second-order valence-electron chi connectivity index (χ2n) is 8.22. The Morgan fingerprint density at radius 3 is 2.44 bits per heavy atom. The van der Waals surface area contributed by atoms with Crippen LogP contribution in [0.3, 0.4) is 0 Å². The molecule has 4 rings (SSSR count). The van der Waals surface area contributed by atoms with Gasteiger partial charge in [-0.3, -0.25) is 4.57 Å². The summed E-state index contributed by atoms with van der Waals surface area (Å²) in [6.07, 6.45) is 7.31. The van der Waals surface area contributed by atoms with E-state index in [4.69, 9.17) is 4.74 Å². The summed E-state index contributed by atoms with van der Waals surface area (Å²) >= 11 is 0. The number of likely N-dealkylation sites (tertiary alicyclic amines) is 1. The molecule has 2 fully saturated rings. The van der Waals surface area contributed by atoms with Crippen molar-refractivity contribution in [1.29, 1.82) is 0 Å². The molecule has 2 heterocycles. The average molecular weight is 394 g/mol. The SMILES string of the molecule is COCC1CCC(N2CCC(n3c(=O)[nH]c4ccc(C)cc43)CC2)CC1.Cl. The van der Waals surface area contributed by atoms with Crippen LogP contribution in [0.4, 0.5) is 0 Å². The molecule has 2 aromatic rings. The number of imidazole rings is 1. The second-order valence-corrected chi connectivity index (χ2v) is 8.22. The van der Waals surface area contributed by atoms with Gasteiger partial charge in [-0.2, -0.15) is 0 Å². The molecule has 0 unspecified atom stereocenters. The Morgan fingerprint density at radius 1 is 1.07 bits per heavy atom. The van der Waals surface area contributed by atoms with Gasteiger partial charge in [0.05, 0.1) is 11.0 Å². The number of fused-ring (bicyclic) bond motifs is 1. The van der Waals surface area contributed by atoms with Gasteiger partial charge in [0.25, 0.3) is 0 Å². The van der Waals surface area contributed by atoms with Crippen molar-refractivity contribution in [3.63, 3.8) is 0 Å². The first-order valence-corrected chi connectivity index (χ1v) is 10.1. The van der Waals surface area contributed by atoms with Crippen LogP contribution in [-0.4, -0.2) is 47.3 Å². The van der Waals surface area contributed by atoms with Crippen molar-refractivity contribution < 1.29 is 4.74 Å². The summed E-state index contributed by atoms with van der Waals surface area (Å²) in [7, 11) is 1.81. The highest BCUT2D eigenvalue weighted by Crippen LogP contribution is 2.32. The van der Waals surface area contributed by atoms with Crippen LogP contribution in [0.5, 0.6) is 0 Å². The van der Waals surface area contributed by atoms with Crippen LogP contribution in [0, 0.1) is 12.8 Å². The van der Waals surface area contributed by atoms with Gasteiger partial charge in [0.1, 0.15) is 0 Å². The van der Waals surface area contributed by atoms with Gasteiger partial charge in [-0.1, -0.05) is 6.07 Å². The van der Waals surface area contributed by atoms with Crippen LogP contribution in [0.15, 0.2) is 23.0 Å². The first-order chi connectivity index (χ1) is 12.7. The largest absolute Gasteiger partial charge is 0.384 e. The number of H-pyrrole nitrogens is 1. The molecule has 5 nitrogen and oxygen atoms in total. The van der Waals surface area contributed by atoms with Crippen LogP contribution < -0.4 is 5.69 Å². The lowest BCUT2D eigenvalue weighted by molar-refractivity contribution is 0.0714. The Bertz CT molecular complexity index is 799. The van der Waals surface area contributed by atoms with E-state index in [2.05, 4.69) is 28.9 Å². The number of halogens is 1. The Balaban J connectivity index is 0.00000210. The molecular weight excluding hydrogens is 362 g/mol. The maximum atomic E-state index is 12.5. The Hall–Kier alpha value is -1.30. The number of piperidine rings is 1. The van der Waals surface area contributed by atoms with Crippen molar-refractivity contribution in [1.82, 2.24) is 14.5 Å². The van der Waals surface area contributed by atoms with E-state index in [1.54, 1.807) is 0 Å². The predicted octanol–water partition coefficient (Wildman–Crippen LogP) is 3.90. The number of rotatable bonds is 4. The third-order valence-corrected chi connectivity index (χ3v) is 6.47. The van der Waals surface area contributed by atoms with Crippen molar-refractivity contribution in [2.75, 3.05) is 26.8 Å². The molecule has 2 aliphatic rings. The number of nitrogens with zero attached hydrogens (tertiary/aromatic N) is 2. The number of nitrogens with one attached hydrogen (secondary N) is 1. The van der Waals surface area contributed by atoms with Gasteiger partial charge in [0.2, 0.25) is 0 Å².